The highest BCUT2D eigenvalue weighted by atomic mass is 19.4. The summed E-state index contributed by atoms with van der Waals surface area (Å²) in [5.74, 6) is -4.48. The highest BCUT2D eigenvalue weighted by Crippen LogP contribution is 2.36. The van der Waals surface area contributed by atoms with Crippen molar-refractivity contribution in [1.82, 2.24) is 0 Å². The Morgan fingerprint density at radius 2 is 1.71 bits per heavy atom. The van der Waals surface area contributed by atoms with E-state index in [0.29, 0.717) is 0 Å². The molecule has 0 heterocycles. The number of benzene rings is 1. The highest BCUT2D eigenvalue weighted by Gasteiger charge is 2.38. The number of hydrogen-bond acceptors (Lipinski definition) is 6. The average molecular weight is 398 g/mol. The number of phenols is 2. The van der Waals surface area contributed by atoms with E-state index in [0.717, 1.165) is 23.8 Å². The van der Waals surface area contributed by atoms with E-state index in [1.54, 1.807) is 13.8 Å². The van der Waals surface area contributed by atoms with Crippen molar-refractivity contribution >= 4 is 17.5 Å². The fraction of sp³-hybridized carbons (Fsp3) is 0.316. The first-order valence-corrected chi connectivity index (χ1v) is 8.16. The molecule has 0 bridgehead atoms. The molecule has 0 aromatic heterocycles. The van der Waals surface area contributed by atoms with Gasteiger partial charge in [-0.1, -0.05) is 11.6 Å². The molecule has 0 unspecified atom stereocenters. The zero-order chi connectivity index (χ0) is 21.2. The summed E-state index contributed by atoms with van der Waals surface area (Å²) in [6.45, 7) is 3.38. The predicted octanol–water partition coefficient (Wildman–Crippen LogP) is 3.62. The van der Waals surface area contributed by atoms with E-state index in [1.807, 2.05) is 0 Å². The summed E-state index contributed by atoms with van der Waals surface area (Å²) >= 11 is 0. The van der Waals surface area contributed by atoms with Crippen molar-refractivity contribution in [3.8, 4) is 11.5 Å². The number of rotatable bonds is 5. The lowest BCUT2D eigenvalue weighted by atomic mass is 9.85. The molecule has 6 nitrogen and oxygen atoms in total. The number of fused-ring (bicyclic) bond motifs is 1. The number of Topliss-reactive ketones (excluding diaryl/α,β-unsaturated/α-hetero) is 1. The molecule has 0 saturated heterocycles. The largest absolute Gasteiger partial charge is 0.507 e. The van der Waals surface area contributed by atoms with E-state index in [9.17, 15) is 37.8 Å². The third kappa shape index (κ3) is 4.79. The molecule has 9 heteroatoms. The fourth-order valence-corrected chi connectivity index (χ4v) is 2.67. The van der Waals surface area contributed by atoms with Gasteiger partial charge in [0.05, 0.1) is 11.1 Å². The van der Waals surface area contributed by atoms with Crippen molar-refractivity contribution in [2.45, 2.75) is 39.0 Å². The van der Waals surface area contributed by atoms with Gasteiger partial charge in [0.25, 0.3) is 0 Å². The number of allylic oxidation sites excluding steroid dienone is 2. The minimum Gasteiger partial charge on any atom is -0.507 e. The van der Waals surface area contributed by atoms with E-state index < -0.39 is 58.9 Å². The van der Waals surface area contributed by atoms with E-state index in [2.05, 4.69) is 0 Å². The van der Waals surface area contributed by atoms with Gasteiger partial charge in [-0.2, -0.15) is 13.2 Å². The van der Waals surface area contributed by atoms with Gasteiger partial charge in [0.2, 0.25) is 0 Å². The molecular weight excluding hydrogens is 381 g/mol. The van der Waals surface area contributed by atoms with E-state index in [1.165, 1.54) is 6.08 Å². The molecule has 1 aromatic rings. The molecule has 1 aromatic carbocycles. The fourth-order valence-electron chi connectivity index (χ4n) is 2.67. The Morgan fingerprint density at radius 3 is 2.25 bits per heavy atom. The van der Waals surface area contributed by atoms with Crippen LogP contribution in [0.15, 0.2) is 35.4 Å². The quantitative estimate of drug-likeness (QED) is 0.446. The molecule has 2 rings (SSSR count). The second-order valence-corrected chi connectivity index (χ2v) is 6.43. The standard InChI is InChI=1S/C19H17F3O6/c1-9(2)3-6-14(28-15(26)8-19(20,21)22)10-7-13(25)16-11(23)4-5-12(24)17(16)18(10)27/h3-5,7,14,23-24H,6,8H2,1-2H3/t14-/m1/s1. The van der Waals surface area contributed by atoms with Gasteiger partial charge in [0.15, 0.2) is 11.6 Å². The Labute approximate surface area is 157 Å². The second-order valence-electron chi connectivity index (χ2n) is 6.43. The molecule has 1 atom stereocenters. The molecule has 1 aliphatic rings. The van der Waals surface area contributed by atoms with Gasteiger partial charge in [-0.05, 0) is 32.1 Å². The summed E-state index contributed by atoms with van der Waals surface area (Å²) in [5.41, 5.74) is -0.549. The van der Waals surface area contributed by atoms with Crippen LogP contribution in [-0.4, -0.2) is 40.0 Å². The minimum absolute atomic E-state index is 0.147. The number of carbonyl (C=O) groups is 3. The van der Waals surface area contributed by atoms with E-state index >= 15 is 0 Å². The number of carbonyl (C=O) groups excluding carboxylic acids is 3. The summed E-state index contributed by atoms with van der Waals surface area (Å²) in [4.78, 5) is 36.7. The molecule has 0 saturated carbocycles. The third-order valence-corrected chi connectivity index (χ3v) is 3.89. The number of phenolic OH excluding ortho intramolecular Hbond substituents is 2. The SMILES string of the molecule is CC(C)=CC[C@@H](OC(=O)CC(F)(F)F)C1=CC(=O)c2c(O)ccc(O)c2C1=O. The van der Waals surface area contributed by atoms with Crippen LogP contribution in [0.3, 0.4) is 0 Å². The first-order valence-electron chi connectivity index (χ1n) is 8.16. The number of aromatic hydroxyl groups is 2. The first-order chi connectivity index (χ1) is 12.9. The van der Waals surface area contributed by atoms with Gasteiger partial charge in [-0.3, -0.25) is 14.4 Å². The maximum atomic E-state index is 12.8. The lowest BCUT2D eigenvalue weighted by Gasteiger charge is -2.23. The van der Waals surface area contributed by atoms with Crippen LogP contribution in [0.2, 0.25) is 0 Å². The molecule has 0 fully saturated rings. The van der Waals surface area contributed by atoms with Crippen molar-refractivity contribution in [2.24, 2.45) is 0 Å². The predicted molar refractivity (Wildman–Crippen MR) is 91.1 cm³/mol. The van der Waals surface area contributed by atoms with Crippen LogP contribution in [0.25, 0.3) is 0 Å². The van der Waals surface area contributed by atoms with Crippen molar-refractivity contribution in [1.29, 1.82) is 0 Å². The lowest BCUT2D eigenvalue weighted by molar-refractivity contribution is -0.173. The summed E-state index contributed by atoms with van der Waals surface area (Å²) in [6, 6.07) is 2.03. The maximum absolute atomic E-state index is 12.8. The second kappa shape index (κ2) is 7.87. The smallest absolute Gasteiger partial charge is 0.399 e. The van der Waals surface area contributed by atoms with Crippen molar-refractivity contribution < 1.29 is 42.5 Å². The third-order valence-electron chi connectivity index (χ3n) is 3.89. The van der Waals surface area contributed by atoms with Crippen LogP contribution in [0.1, 0.15) is 47.4 Å². The molecule has 150 valence electrons. The first kappa shape index (κ1) is 21.2. The topological polar surface area (TPSA) is 101 Å². The summed E-state index contributed by atoms with van der Waals surface area (Å²) in [6.07, 6.45) is -5.93. The van der Waals surface area contributed by atoms with Crippen molar-refractivity contribution in [3.63, 3.8) is 0 Å². The van der Waals surface area contributed by atoms with Gasteiger partial charge < -0.3 is 14.9 Å². The van der Waals surface area contributed by atoms with Gasteiger partial charge >= 0.3 is 12.1 Å². The van der Waals surface area contributed by atoms with Gasteiger partial charge in [-0.15, -0.1) is 0 Å². The minimum atomic E-state index is -4.80. The molecule has 0 spiro atoms. The Hall–Kier alpha value is -3.10. The van der Waals surface area contributed by atoms with Gasteiger partial charge in [0, 0.05) is 12.0 Å². The molecular formula is C19H17F3O6. The van der Waals surface area contributed by atoms with Crippen molar-refractivity contribution in [3.05, 3.63) is 46.6 Å². The maximum Gasteiger partial charge on any atom is 0.399 e. The molecule has 0 aliphatic heterocycles. The van der Waals surface area contributed by atoms with Crippen LogP contribution in [-0.2, 0) is 9.53 Å². The van der Waals surface area contributed by atoms with Crippen LogP contribution in [0.4, 0.5) is 13.2 Å². The van der Waals surface area contributed by atoms with Gasteiger partial charge in [-0.25, -0.2) is 0 Å². The Morgan fingerprint density at radius 1 is 1.14 bits per heavy atom. The lowest BCUT2D eigenvalue weighted by Crippen LogP contribution is -2.30. The van der Waals surface area contributed by atoms with Crippen LogP contribution in [0, 0.1) is 0 Å². The molecule has 28 heavy (non-hydrogen) atoms. The van der Waals surface area contributed by atoms with Crippen LogP contribution in [0.5, 0.6) is 11.5 Å². The average Bonchev–Trinajstić information content (AvgIpc) is 2.55. The summed E-state index contributed by atoms with van der Waals surface area (Å²) in [5, 5.41) is 19.8. The number of hydrogen-bond donors (Lipinski definition) is 2. The Balaban J connectivity index is 2.44. The zero-order valence-corrected chi connectivity index (χ0v) is 15.0. The zero-order valence-electron chi connectivity index (χ0n) is 15.0. The highest BCUT2D eigenvalue weighted by molar-refractivity contribution is 6.27. The number of halogens is 3. The molecule has 2 N–H and O–H groups in total. The van der Waals surface area contributed by atoms with Gasteiger partial charge in [0.1, 0.15) is 24.0 Å². The number of ether oxygens (including phenoxy) is 1. The Bertz CT molecular complexity index is 892. The van der Waals surface area contributed by atoms with Crippen molar-refractivity contribution in [2.75, 3.05) is 0 Å². The van der Waals surface area contributed by atoms with E-state index in [4.69, 9.17) is 4.74 Å². The molecule has 0 amide bonds. The molecule has 1 aliphatic carbocycles. The van der Waals surface area contributed by atoms with Crippen LogP contribution >= 0.6 is 0 Å². The summed E-state index contributed by atoms with van der Waals surface area (Å²) in [7, 11) is 0. The normalized spacial score (nSPS) is 14.8. The monoisotopic (exact) mass is 398 g/mol. The van der Waals surface area contributed by atoms with Crippen LogP contribution < -0.4 is 0 Å². The van der Waals surface area contributed by atoms with E-state index in [-0.39, 0.29) is 12.0 Å². The Kier molecular flexibility index (Phi) is 5.96. The number of esters is 1. The summed E-state index contributed by atoms with van der Waals surface area (Å²) < 4.78 is 42.1. The number of ketones is 2. The molecule has 0 radical (unpaired) electrons. The number of alkyl halides is 3.